The first-order valence-electron chi connectivity index (χ1n) is 7.31. The highest BCUT2D eigenvalue weighted by Gasteiger charge is 2.24. The second-order valence-electron chi connectivity index (χ2n) is 5.54. The molecule has 6 heteroatoms. The molecule has 1 aromatic heterocycles. The zero-order valence-electron chi connectivity index (χ0n) is 13.4. The minimum absolute atomic E-state index is 0. The van der Waals surface area contributed by atoms with Gasteiger partial charge in [0.1, 0.15) is 0 Å². The quantitative estimate of drug-likeness (QED) is 0.767. The van der Waals surface area contributed by atoms with Gasteiger partial charge in [0.25, 0.3) is 0 Å². The molecule has 1 N–H and O–H groups in total. The Balaban J connectivity index is 0.00000242. The first-order chi connectivity index (χ1) is 10.1. The van der Waals surface area contributed by atoms with Crippen LogP contribution >= 0.6 is 24.2 Å². The molecule has 22 heavy (non-hydrogen) atoms. The number of thioether (sulfide) groups is 1. The summed E-state index contributed by atoms with van der Waals surface area (Å²) in [6.07, 6.45) is 0.779. The average Bonchev–Trinajstić information content (AvgIpc) is 2.93. The van der Waals surface area contributed by atoms with Crippen LogP contribution in [0.3, 0.4) is 0 Å². The number of hydrogen-bond donors (Lipinski definition) is 1. The minimum Gasteiger partial charge on any atom is -0.338 e. The fourth-order valence-corrected chi connectivity index (χ4v) is 3.04. The van der Waals surface area contributed by atoms with Crippen LogP contribution in [0, 0.1) is 5.92 Å². The fourth-order valence-electron chi connectivity index (χ4n) is 1.96. The van der Waals surface area contributed by atoms with Gasteiger partial charge in [0.05, 0.1) is 5.25 Å². The highest BCUT2D eigenvalue weighted by Crippen LogP contribution is 2.39. The molecule has 1 aromatic carbocycles. The lowest BCUT2D eigenvalue weighted by Crippen LogP contribution is -2.24. The van der Waals surface area contributed by atoms with Crippen molar-refractivity contribution in [3.8, 4) is 0 Å². The highest BCUT2D eigenvalue weighted by atomic mass is 35.5. The van der Waals surface area contributed by atoms with Crippen LogP contribution in [0.2, 0.25) is 0 Å². The Labute approximate surface area is 142 Å². The zero-order chi connectivity index (χ0) is 15.2. The predicted molar refractivity (Wildman–Crippen MR) is 93.6 cm³/mol. The van der Waals surface area contributed by atoms with Crippen LogP contribution in [0.4, 0.5) is 0 Å². The topological polar surface area (TPSA) is 51.0 Å². The van der Waals surface area contributed by atoms with E-state index in [2.05, 4.69) is 48.4 Å². The first-order valence-corrected chi connectivity index (χ1v) is 8.19. The molecule has 0 aliphatic heterocycles. The molecule has 122 valence electrons. The number of aromatic nitrogens is 2. The van der Waals surface area contributed by atoms with E-state index in [0.29, 0.717) is 12.0 Å². The van der Waals surface area contributed by atoms with E-state index in [0.717, 1.165) is 18.1 Å². The summed E-state index contributed by atoms with van der Waals surface area (Å²) in [6.45, 7) is 6.47. The molecule has 0 aliphatic rings. The average molecular weight is 342 g/mol. The van der Waals surface area contributed by atoms with E-state index in [-0.39, 0.29) is 17.7 Å². The van der Waals surface area contributed by atoms with Crippen LogP contribution in [0.25, 0.3) is 0 Å². The molecule has 0 saturated carbocycles. The Kier molecular flexibility index (Phi) is 7.93. The van der Waals surface area contributed by atoms with Crippen molar-refractivity contribution < 1.29 is 4.52 Å². The highest BCUT2D eigenvalue weighted by molar-refractivity contribution is 7.99. The molecule has 2 atom stereocenters. The van der Waals surface area contributed by atoms with Crippen LogP contribution in [0.5, 0.6) is 0 Å². The van der Waals surface area contributed by atoms with Crippen molar-refractivity contribution >= 4 is 24.2 Å². The van der Waals surface area contributed by atoms with Crippen molar-refractivity contribution in [3.63, 3.8) is 0 Å². The van der Waals surface area contributed by atoms with E-state index in [1.165, 1.54) is 4.90 Å². The van der Waals surface area contributed by atoms with Gasteiger partial charge >= 0.3 is 0 Å². The number of halogens is 1. The van der Waals surface area contributed by atoms with Gasteiger partial charge in [-0.2, -0.15) is 4.98 Å². The third kappa shape index (κ3) is 5.30. The Morgan fingerprint density at radius 1 is 1.18 bits per heavy atom. The summed E-state index contributed by atoms with van der Waals surface area (Å²) in [5.41, 5.74) is 0. The van der Waals surface area contributed by atoms with Crippen molar-refractivity contribution in [2.75, 3.05) is 7.05 Å². The monoisotopic (exact) mass is 341 g/mol. The second-order valence-corrected chi connectivity index (χ2v) is 6.75. The van der Waals surface area contributed by atoms with Crippen LogP contribution in [0.1, 0.15) is 37.7 Å². The standard InChI is InChI=1S/C16H23N3OS.ClH/c1-11(2)15(21-13-8-6-5-7-9-13)16-18-14(19-20-16)10-12(3)17-4;/h5-9,11-12,15,17H,10H2,1-4H3;1H. The summed E-state index contributed by atoms with van der Waals surface area (Å²) >= 11 is 1.78. The molecule has 2 unspecified atom stereocenters. The van der Waals surface area contributed by atoms with Crippen LogP contribution in [-0.2, 0) is 6.42 Å². The van der Waals surface area contributed by atoms with Crippen molar-refractivity contribution in [2.45, 2.75) is 43.4 Å². The molecule has 1 heterocycles. The van der Waals surface area contributed by atoms with Gasteiger partial charge in [0.15, 0.2) is 5.82 Å². The van der Waals surface area contributed by atoms with Gasteiger partial charge in [0, 0.05) is 17.4 Å². The Hall–Kier alpha value is -1.04. The molecular formula is C16H24ClN3OS. The number of nitrogens with one attached hydrogen (secondary N) is 1. The molecule has 2 rings (SSSR count). The van der Waals surface area contributed by atoms with E-state index in [1.54, 1.807) is 11.8 Å². The summed E-state index contributed by atoms with van der Waals surface area (Å²) in [7, 11) is 1.94. The Morgan fingerprint density at radius 2 is 1.86 bits per heavy atom. The van der Waals surface area contributed by atoms with E-state index in [9.17, 15) is 0 Å². The Morgan fingerprint density at radius 3 is 2.45 bits per heavy atom. The van der Waals surface area contributed by atoms with E-state index in [1.807, 2.05) is 25.2 Å². The number of likely N-dealkylation sites (N-methyl/N-ethyl adjacent to an activating group) is 1. The maximum atomic E-state index is 5.50. The predicted octanol–water partition coefficient (Wildman–Crippen LogP) is 4.13. The SMILES string of the molecule is CNC(C)Cc1noc(C(Sc2ccccc2)C(C)C)n1.Cl. The molecule has 0 bridgehead atoms. The van der Waals surface area contributed by atoms with Gasteiger partial charge in [-0.1, -0.05) is 37.2 Å². The van der Waals surface area contributed by atoms with Crippen LogP contribution in [0.15, 0.2) is 39.8 Å². The zero-order valence-corrected chi connectivity index (χ0v) is 15.1. The summed E-state index contributed by atoms with van der Waals surface area (Å²) in [4.78, 5) is 5.80. The summed E-state index contributed by atoms with van der Waals surface area (Å²) in [5, 5.41) is 7.48. The van der Waals surface area contributed by atoms with Crippen molar-refractivity contribution in [3.05, 3.63) is 42.0 Å². The normalized spacial score (nSPS) is 13.7. The number of benzene rings is 1. The molecule has 0 radical (unpaired) electrons. The lowest BCUT2D eigenvalue weighted by atomic mass is 10.1. The Bertz CT molecular complexity index is 547. The van der Waals surface area contributed by atoms with E-state index >= 15 is 0 Å². The van der Waals surface area contributed by atoms with Gasteiger partial charge in [-0.05, 0) is 32.0 Å². The van der Waals surface area contributed by atoms with Crippen LogP contribution < -0.4 is 5.32 Å². The van der Waals surface area contributed by atoms with Gasteiger partial charge in [0.2, 0.25) is 5.89 Å². The number of nitrogens with zero attached hydrogens (tertiary/aromatic N) is 2. The molecule has 0 saturated heterocycles. The van der Waals surface area contributed by atoms with Crippen molar-refractivity contribution in [1.29, 1.82) is 0 Å². The van der Waals surface area contributed by atoms with Crippen LogP contribution in [-0.4, -0.2) is 23.2 Å². The van der Waals surface area contributed by atoms with Gasteiger partial charge in [-0.25, -0.2) is 0 Å². The summed E-state index contributed by atoms with van der Waals surface area (Å²) in [5.74, 6) is 1.91. The van der Waals surface area contributed by atoms with E-state index < -0.39 is 0 Å². The maximum Gasteiger partial charge on any atom is 0.240 e. The van der Waals surface area contributed by atoms with Gasteiger partial charge in [-0.3, -0.25) is 0 Å². The molecule has 4 nitrogen and oxygen atoms in total. The first kappa shape index (κ1) is 19.0. The molecule has 0 amide bonds. The third-order valence-electron chi connectivity index (χ3n) is 3.32. The van der Waals surface area contributed by atoms with Gasteiger partial charge in [-0.15, -0.1) is 24.2 Å². The second kappa shape index (κ2) is 9.18. The van der Waals surface area contributed by atoms with Gasteiger partial charge < -0.3 is 9.84 Å². The lowest BCUT2D eigenvalue weighted by molar-refractivity contribution is 0.354. The maximum absolute atomic E-state index is 5.50. The van der Waals surface area contributed by atoms with Crippen molar-refractivity contribution in [1.82, 2.24) is 15.5 Å². The number of hydrogen-bond acceptors (Lipinski definition) is 5. The smallest absolute Gasteiger partial charge is 0.240 e. The van der Waals surface area contributed by atoms with E-state index in [4.69, 9.17) is 4.52 Å². The molecule has 0 aliphatic carbocycles. The summed E-state index contributed by atoms with van der Waals surface area (Å²) < 4.78 is 5.50. The third-order valence-corrected chi connectivity index (χ3v) is 4.86. The molecule has 0 spiro atoms. The molecule has 0 fully saturated rings. The fraction of sp³-hybridized carbons (Fsp3) is 0.500. The van der Waals surface area contributed by atoms with Crippen molar-refractivity contribution in [2.24, 2.45) is 5.92 Å². The molecular weight excluding hydrogens is 318 g/mol. The lowest BCUT2D eigenvalue weighted by Gasteiger charge is -2.16. The minimum atomic E-state index is 0. The summed E-state index contributed by atoms with van der Waals surface area (Å²) in [6, 6.07) is 10.7. The largest absolute Gasteiger partial charge is 0.338 e. The number of rotatable bonds is 7. The molecule has 2 aromatic rings.